The molecule has 46 heavy (non-hydrogen) atoms. The number of phenolic OH excluding ortho intramolecular Hbond substituents is 1. The van der Waals surface area contributed by atoms with Crippen LogP contribution in [-0.2, 0) is 0 Å². The van der Waals surface area contributed by atoms with E-state index in [9.17, 15) is 9.50 Å². The second kappa shape index (κ2) is 10.7. The van der Waals surface area contributed by atoms with Gasteiger partial charge in [-0.15, -0.1) is 0 Å². The number of nitrogens with zero attached hydrogens (tertiary/aromatic N) is 5. The zero-order chi connectivity index (χ0) is 31.2. The van der Waals surface area contributed by atoms with Crippen LogP contribution in [0.5, 0.6) is 11.8 Å². The summed E-state index contributed by atoms with van der Waals surface area (Å²) in [7, 11) is 0. The molecule has 4 aromatic rings. The Labute approximate surface area is 265 Å². The van der Waals surface area contributed by atoms with Gasteiger partial charge in [-0.25, -0.2) is 13.2 Å². The predicted molar refractivity (Wildman–Crippen MR) is 168 cm³/mol. The van der Waals surface area contributed by atoms with Crippen molar-refractivity contribution < 1.29 is 23.0 Å². The molecule has 5 heterocycles. The van der Waals surface area contributed by atoms with Crippen molar-refractivity contribution in [1.29, 1.82) is 0 Å². The minimum absolute atomic E-state index is 0.00152. The van der Waals surface area contributed by atoms with Gasteiger partial charge in [0, 0.05) is 67.4 Å². The Morgan fingerprint density at radius 2 is 1.70 bits per heavy atom. The fourth-order valence-corrected chi connectivity index (χ4v) is 8.71. The number of aromatic nitrogens is 3. The van der Waals surface area contributed by atoms with E-state index in [-0.39, 0.29) is 44.7 Å². The molecule has 3 saturated heterocycles. The van der Waals surface area contributed by atoms with E-state index in [1.54, 1.807) is 0 Å². The van der Waals surface area contributed by atoms with E-state index < -0.39 is 17.5 Å². The first-order valence-electron chi connectivity index (χ1n) is 16.6. The summed E-state index contributed by atoms with van der Waals surface area (Å²) in [6, 6.07) is 5.59. The topological polar surface area (TPSA) is 86.6 Å². The summed E-state index contributed by atoms with van der Waals surface area (Å²) in [6.45, 7) is 5.21. The number of anilines is 1. The molecule has 2 aromatic heterocycles. The molecule has 11 heteroatoms. The summed E-state index contributed by atoms with van der Waals surface area (Å²) in [4.78, 5) is 18.6. The molecule has 5 aliphatic rings. The quantitative estimate of drug-likeness (QED) is 0.265. The highest BCUT2D eigenvalue weighted by atomic mass is 19.2. The van der Waals surface area contributed by atoms with Gasteiger partial charge < -0.3 is 25.0 Å². The largest absolute Gasteiger partial charge is 0.508 e. The number of hydrogen-bond donors (Lipinski definition) is 2. The Kier molecular flexibility index (Phi) is 6.61. The fraction of sp³-hybridized carbons (Fsp3) is 0.514. The van der Waals surface area contributed by atoms with Crippen LogP contribution in [0.1, 0.15) is 44.9 Å². The summed E-state index contributed by atoms with van der Waals surface area (Å²) in [5.41, 5.74) is -0.233. The summed E-state index contributed by atoms with van der Waals surface area (Å²) < 4.78 is 52.5. The Morgan fingerprint density at radius 3 is 2.43 bits per heavy atom. The van der Waals surface area contributed by atoms with Crippen LogP contribution in [0.15, 0.2) is 30.5 Å². The van der Waals surface area contributed by atoms with Gasteiger partial charge in [-0.1, -0.05) is 6.07 Å². The Balaban J connectivity index is 1.10. The molecule has 2 N–H and O–H groups in total. The number of pyridine rings is 1. The van der Waals surface area contributed by atoms with Crippen molar-refractivity contribution in [2.24, 2.45) is 17.3 Å². The molecule has 3 aliphatic heterocycles. The van der Waals surface area contributed by atoms with Crippen molar-refractivity contribution >= 4 is 27.5 Å². The summed E-state index contributed by atoms with van der Waals surface area (Å²) in [5, 5.41) is 14.6. The third-order valence-electron chi connectivity index (χ3n) is 11.1. The molecule has 5 fully saturated rings. The van der Waals surface area contributed by atoms with Gasteiger partial charge in [-0.05, 0) is 80.4 Å². The highest BCUT2D eigenvalue weighted by molar-refractivity contribution is 6.00. The van der Waals surface area contributed by atoms with Gasteiger partial charge in [-0.2, -0.15) is 9.97 Å². The molecule has 0 spiro atoms. The van der Waals surface area contributed by atoms with Gasteiger partial charge in [0.05, 0.1) is 12.0 Å². The average Bonchev–Trinajstić information content (AvgIpc) is 3.61. The van der Waals surface area contributed by atoms with Crippen LogP contribution in [0.3, 0.4) is 0 Å². The van der Waals surface area contributed by atoms with E-state index >= 15 is 8.78 Å². The van der Waals surface area contributed by atoms with Gasteiger partial charge in [0.2, 0.25) is 0 Å². The maximum atomic E-state index is 16.7. The first-order valence-corrected chi connectivity index (χ1v) is 16.6. The number of hydrogen-bond acceptors (Lipinski definition) is 8. The van der Waals surface area contributed by atoms with Gasteiger partial charge in [-0.3, -0.25) is 4.98 Å². The number of aromatic hydroxyl groups is 1. The molecule has 2 saturated carbocycles. The lowest BCUT2D eigenvalue weighted by Gasteiger charge is -2.35. The minimum Gasteiger partial charge on any atom is -0.508 e. The van der Waals surface area contributed by atoms with Gasteiger partial charge >= 0.3 is 6.01 Å². The Hall–Kier alpha value is -3.70. The van der Waals surface area contributed by atoms with Crippen LogP contribution in [0.4, 0.5) is 19.0 Å². The van der Waals surface area contributed by atoms with Crippen LogP contribution in [0.2, 0.25) is 0 Å². The number of ether oxygens (including phenoxy) is 1. The van der Waals surface area contributed by atoms with Gasteiger partial charge in [0.15, 0.2) is 17.5 Å². The van der Waals surface area contributed by atoms with E-state index in [1.807, 2.05) is 0 Å². The van der Waals surface area contributed by atoms with E-state index in [0.29, 0.717) is 43.0 Å². The van der Waals surface area contributed by atoms with Crippen LogP contribution >= 0.6 is 0 Å². The Morgan fingerprint density at radius 1 is 0.935 bits per heavy atom. The third kappa shape index (κ3) is 4.94. The van der Waals surface area contributed by atoms with Crippen molar-refractivity contribution in [3.05, 3.63) is 47.9 Å². The molecule has 0 amide bonds. The molecule has 4 bridgehead atoms. The number of piperazine rings is 1. The lowest BCUT2D eigenvalue weighted by Crippen LogP contribution is -2.51. The fourth-order valence-electron chi connectivity index (χ4n) is 8.71. The lowest BCUT2D eigenvalue weighted by atomic mass is 9.97. The number of phenols is 1. The zero-order valence-corrected chi connectivity index (χ0v) is 25.6. The van der Waals surface area contributed by atoms with Crippen LogP contribution in [-0.4, -0.2) is 76.4 Å². The monoisotopic (exact) mass is 630 g/mol. The number of nitrogens with one attached hydrogen (secondary N) is 1. The number of piperidine rings is 1. The molecule has 0 radical (unpaired) electrons. The Bertz CT molecular complexity index is 1840. The summed E-state index contributed by atoms with van der Waals surface area (Å²) in [5.74, 6) is -1.02. The lowest BCUT2D eigenvalue weighted by molar-refractivity contribution is 0.110. The van der Waals surface area contributed by atoms with Gasteiger partial charge in [0.1, 0.15) is 22.8 Å². The zero-order valence-electron chi connectivity index (χ0n) is 25.6. The highest BCUT2D eigenvalue weighted by Gasteiger charge is 2.47. The summed E-state index contributed by atoms with van der Waals surface area (Å²) >= 11 is 0. The first-order chi connectivity index (χ1) is 22.3. The minimum atomic E-state index is -1.13. The molecule has 8 nitrogen and oxygen atoms in total. The van der Waals surface area contributed by atoms with Crippen molar-refractivity contribution in [3.8, 4) is 23.0 Å². The molecule has 2 aromatic carbocycles. The molecular formula is C35H37F3N6O2. The number of halogens is 3. The van der Waals surface area contributed by atoms with Crippen molar-refractivity contribution in [3.63, 3.8) is 0 Å². The molecule has 9 rings (SSSR count). The standard InChI is InChI=1S/C35H37F3N6O2/c36-27-6-3-21-10-24(45)11-25(28(21)29(27)37)31-30(38)32-26(12-39-31)33(44-15-22-4-5-23(16-44)40-22)42-34(41-32)46-18-35(7-8-35)17-43-13-19-1-2-20(9-19)14-43/h3,6,10-12,19-20,22-23,40,45H,1-2,4-5,7-9,13-18H2/t19?,20?,22-,23+. The van der Waals surface area contributed by atoms with Crippen molar-refractivity contribution in [1.82, 2.24) is 25.2 Å². The second-order valence-electron chi connectivity index (χ2n) is 14.5. The molecular weight excluding hydrogens is 593 g/mol. The number of likely N-dealkylation sites (tertiary alicyclic amines) is 1. The van der Waals surface area contributed by atoms with Crippen LogP contribution in [0.25, 0.3) is 32.9 Å². The second-order valence-corrected chi connectivity index (χ2v) is 14.5. The number of rotatable bonds is 7. The number of fused-ring (bicyclic) bond motifs is 6. The van der Waals surface area contributed by atoms with Crippen LogP contribution in [0, 0.1) is 34.7 Å². The van der Waals surface area contributed by atoms with E-state index in [1.165, 1.54) is 43.7 Å². The maximum Gasteiger partial charge on any atom is 0.319 e. The predicted octanol–water partition coefficient (Wildman–Crippen LogP) is 5.80. The number of benzene rings is 2. The highest BCUT2D eigenvalue weighted by Crippen LogP contribution is 2.48. The van der Waals surface area contributed by atoms with E-state index in [4.69, 9.17) is 9.72 Å². The smallest absolute Gasteiger partial charge is 0.319 e. The van der Waals surface area contributed by atoms with Crippen molar-refractivity contribution in [2.75, 3.05) is 44.2 Å². The van der Waals surface area contributed by atoms with Gasteiger partial charge in [0.25, 0.3) is 0 Å². The maximum absolute atomic E-state index is 16.7. The molecule has 2 unspecified atom stereocenters. The normalized spacial score (nSPS) is 26.7. The molecule has 2 aliphatic carbocycles. The van der Waals surface area contributed by atoms with Crippen LogP contribution < -0.4 is 15.0 Å². The average molecular weight is 631 g/mol. The SMILES string of the molecule is Oc1cc(-c2ncc3c(N4C[C@H]5CC[C@@H](C4)N5)nc(OCC4(CN5CC6CCC(C6)C5)CC4)nc3c2F)c2c(F)c(F)ccc2c1. The van der Waals surface area contributed by atoms with Crippen molar-refractivity contribution in [2.45, 2.75) is 57.0 Å². The summed E-state index contributed by atoms with van der Waals surface area (Å²) in [6.07, 6.45) is 9.84. The first kappa shape index (κ1) is 28.5. The third-order valence-corrected chi connectivity index (χ3v) is 11.1. The van der Waals surface area contributed by atoms with E-state index in [0.717, 1.165) is 63.2 Å². The molecule has 4 atom stereocenters. The molecule has 240 valence electrons. The van der Waals surface area contributed by atoms with E-state index in [2.05, 4.69) is 25.1 Å².